The van der Waals surface area contributed by atoms with Gasteiger partial charge in [-0.15, -0.1) is 0 Å². The summed E-state index contributed by atoms with van der Waals surface area (Å²) in [4.78, 5) is 0. The van der Waals surface area contributed by atoms with Crippen LogP contribution in [0.2, 0.25) is 0 Å². The summed E-state index contributed by atoms with van der Waals surface area (Å²) in [6.45, 7) is 0. The van der Waals surface area contributed by atoms with Gasteiger partial charge in [0.05, 0.1) is 0 Å². The number of hydrogen-bond acceptors (Lipinski definition) is 10. The maximum Gasteiger partial charge on any atom is 0.292 e. The number of hydrogen-bond donors (Lipinski definition) is 10. The molecule has 14 heavy (non-hydrogen) atoms. The molecule has 0 radical (unpaired) electrons. The molecular weight excluding hydrogens is 194 g/mol. The molecule has 10 nitrogen and oxygen atoms in total. The van der Waals surface area contributed by atoms with Crippen molar-refractivity contribution in [2.45, 2.75) is 23.3 Å². The van der Waals surface area contributed by atoms with Crippen LogP contribution in [-0.2, 0) is 0 Å². The van der Waals surface area contributed by atoms with Crippen molar-refractivity contribution in [1.29, 1.82) is 0 Å². The van der Waals surface area contributed by atoms with Crippen molar-refractivity contribution in [3.63, 3.8) is 0 Å². The van der Waals surface area contributed by atoms with E-state index in [4.69, 9.17) is 38.9 Å². The van der Waals surface area contributed by atoms with Gasteiger partial charge in [0.1, 0.15) is 0 Å². The first kappa shape index (κ1) is 11.7. The van der Waals surface area contributed by atoms with Crippen LogP contribution in [0, 0.1) is 0 Å². The van der Waals surface area contributed by atoms with Gasteiger partial charge in [0.2, 0.25) is 5.85 Å². The lowest BCUT2D eigenvalue weighted by molar-refractivity contribution is -0.307. The van der Waals surface area contributed by atoms with Gasteiger partial charge in [-0.2, -0.15) is 0 Å². The smallest absolute Gasteiger partial charge is 0.292 e. The molecule has 0 saturated carbocycles. The average Bonchev–Trinajstić information content (AvgIpc) is 1.77. The molecule has 1 fully saturated rings. The molecule has 1 saturated heterocycles. The van der Waals surface area contributed by atoms with Crippen LogP contribution >= 0.6 is 0 Å². The summed E-state index contributed by atoms with van der Waals surface area (Å²) in [5.74, 6) is -4.75. The largest absolute Gasteiger partial charge is 0.360 e. The molecule has 84 valence electrons. The first-order valence-electron chi connectivity index (χ1n) is 3.61. The number of nitrogens with one attached hydrogen (secondary N) is 2. The van der Waals surface area contributed by atoms with E-state index in [1.54, 1.807) is 5.32 Å². The van der Waals surface area contributed by atoms with Crippen LogP contribution in [-0.4, -0.2) is 38.7 Å². The van der Waals surface area contributed by atoms with E-state index in [9.17, 15) is 5.11 Å². The van der Waals surface area contributed by atoms with E-state index in [1.165, 1.54) is 0 Å². The van der Waals surface area contributed by atoms with Gasteiger partial charge in [-0.05, 0) is 0 Å². The molecule has 0 bridgehead atoms. The number of rotatable bonds is 0. The van der Waals surface area contributed by atoms with Crippen molar-refractivity contribution in [2.24, 2.45) is 28.7 Å². The van der Waals surface area contributed by atoms with Crippen molar-refractivity contribution < 1.29 is 15.3 Å². The van der Waals surface area contributed by atoms with Gasteiger partial charge in [-0.1, -0.05) is 0 Å². The van der Waals surface area contributed by atoms with E-state index in [1.807, 2.05) is 5.32 Å². The zero-order valence-corrected chi connectivity index (χ0v) is 7.23. The second kappa shape index (κ2) is 2.59. The monoisotopic (exact) mass is 209 g/mol. The zero-order valence-electron chi connectivity index (χ0n) is 7.23. The van der Waals surface area contributed by atoms with Crippen LogP contribution < -0.4 is 39.3 Å². The van der Waals surface area contributed by atoms with Gasteiger partial charge in [-0.25, -0.2) is 10.6 Å². The lowest BCUT2D eigenvalue weighted by atomic mass is 9.95. The second-order valence-corrected chi connectivity index (χ2v) is 3.43. The van der Waals surface area contributed by atoms with Crippen molar-refractivity contribution in [2.75, 3.05) is 0 Å². The molecule has 1 unspecified atom stereocenters. The molecule has 10 heteroatoms. The van der Waals surface area contributed by atoms with Gasteiger partial charge in [0, 0.05) is 0 Å². The minimum Gasteiger partial charge on any atom is -0.360 e. The lowest BCUT2D eigenvalue weighted by Crippen LogP contribution is -3.01. The minimum atomic E-state index is -2.78. The zero-order chi connectivity index (χ0) is 11.4. The summed E-state index contributed by atoms with van der Waals surface area (Å²) in [6.07, 6.45) is 0. The third-order valence-corrected chi connectivity index (χ3v) is 2.06. The van der Waals surface area contributed by atoms with Crippen LogP contribution in [0.4, 0.5) is 0 Å². The molecule has 1 aliphatic rings. The molecule has 0 aromatic rings. The first-order chi connectivity index (χ1) is 5.91. The van der Waals surface area contributed by atoms with Crippen molar-refractivity contribution in [1.82, 2.24) is 10.6 Å². The van der Waals surface area contributed by atoms with E-state index in [2.05, 4.69) is 0 Å². The fourth-order valence-electron chi connectivity index (χ4n) is 1.11. The Balaban J connectivity index is 3.13. The highest BCUT2D eigenvalue weighted by Crippen LogP contribution is 2.20. The fraction of sp³-hybridized carbons (Fsp3) is 1.00. The molecule has 1 atom stereocenters. The number of aliphatic hydroxyl groups is 3. The molecule has 0 aliphatic carbocycles. The van der Waals surface area contributed by atoms with Crippen LogP contribution in [0.25, 0.3) is 0 Å². The summed E-state index contributed by atoms with van der Waals surface area (Å²) < 4.78 is 0. The van der Waals surface area contributed by atoms with E-state index in [-0.39, 0.29) is 0 Å². The van der Waals surface area contributed by atoms with E-state index in [0.29, 0.717) is 0 Å². The quantitative estimate of drug-likeness (QED) is 0.170. The fourth-order valence-corrected chi connectivity index (χ4v) is 1.11. The van der Waals surface area contributed by atoms with Gasteiger partial charge in [0.15, 0.2) is 11.4 Å². The van der Waals surface area contributed by atoms with Crippen LogP contribution in [0.15, 0.2) is 0 Å². The third-order valence-electron chi connectivity index (χ3n) is 2.06. The van der Waals surface area contributed by atoms with Gasteiger partial charge < -0.3 is 26.8 Å². The standard InChI is InChI=1S/C4H15N7O3/c5-1(6)2(7,8)10-4(13,14)11-3(1,9)12/h10-14H,5-9H2. The van der Waals surface area contributed by atoms with E-state index >= 15 is 0 Å². The Morgan fingerprint density at radius 3 is 1.57 bits per heavy atom. The molecule has 1 heterocycles. The third kappa shape index (κ3) is 1.49. The second-order valence-electron chi connectivity index (χ2n) is 3.43. The Morgan fingerprint density at radius 2 is 1.21 bits per heavy atom. The van der Waals surface area contributed by atoms with Gasteiger partial charge in [0.25, 0.3) is 6.03 Å². The normalized spacial score (nSPS) is 39.4. The summed E-state index contributed by atoms with van der Waals surface area (Å²) in [5.41, 5.74) is 24.3. The maximum absolute atomic E-state index is 9.47. The summed E-state index contributed by atoms with van der Waals surface area (Å²) >= 11 is 0. The highest BCUT2D eigenvalue weighted by molar-refractivity contribution is 5.11. The molecular formula is C4H15N7O3. The van der Waals surface area contributed by atoms with E-state index < -0.39 is 23.3 Å². The minimum absolute atomic E-state index is 1.70. The molecule has 0 amide bonds. The molecule has 0 aromatic heterocycles. The van der Waals surface area contributed by atoms with Crippen molar-refractivity contribution >= 4 is 0 Å². The van der Waals surface area contributed by atoms with Crippen LogP contribution in [0.1, 0.15) is 0 Å². The predicted molar refractivity (Wildman–Crippen MR) is 44.8 cm³/mol. The Hall–Kier alpha value is -0.400. The average molecular weight is 209 g/mol. The summed E-state index contributed by atoms with van der Waals surface area (Å²) in [7, 11) is 0. The maximum atomic E-state index is 9.47. The highest BCUT2D eigenvalue weighted by Gasteiger charge is 2.63. The Kier molecular flexibility index (Phi) is 2.16. The summed E-state index contributed by atoms with van der Waals surface area (Å²) in [5, 5.41) is 31.2. The Bertz CT molecular complexity index is 227. The number of nitrogens with two attached hydrogens (primary N) is 5. The van der Waals surface area contributed by atoms with Crippen molar-refractivity contribution in [3.05, 3.63) is 0 Å². The SMILES string of the molecule is NC1(N)NC(O)(O)NC(N)(O)C1(N)N. The molecule has 1 aliphatic heterocycles. The highest BCUT2D eigenvalue weighted by atomic mass is 16.6. The summed E-state index contributed by atoms with van der Waals surface area (Å²) in [6, 6.07) is -2.78. The Labute approximate surface area is 79.0 Å². The molecule has 0 aromatic carbocycles. The Morgan fingerprint density at radius 1 is 0.786 bits per heavy atom. The van der Waals surface area contributed by atoms with Gasteiger partial charge in [-0.3, -0.25) is 17.2 Å². The predicted octanol–water partition coefficient (Wildman–Crippen LogP) is -6.44. The molecule has 15 N–H and O–H groups in total. The topological polar surface area (TPSA) is 215 Å². The van der Waals surface area contributed by atoms with Crippen molar-refractivity contribution in [3.8, 4) is 0 Å². The van der Waals surface area contributed by atoms with Crippen LogP contribution in [0.3, 0.4) is 0 Å². The molecule has 0 spiro atoms. The molecule has 1 rings (SSSR count). The van der Waals surface area contributed by atoms with Gasteiger partial charge >= 0.3 is 0 Å². The first-order valence-corrected chi connectivity index (χ1v) is 3.61. The van der Waals surface area contributed by atoms with Crippen LogP contribution in [0.5, 0.6) is 0 Å². The van der Waals surface area contributed by atoms with E-state index in [0.717, 1.165) is 0 Å². The lowest BCUT2D eigenvalue weighted by Gasteiger charge is -2.55.